The number of primary amides is 1. The van der Waals surface area contributed by atoms with Gasteiger partial charge in [0, 0.05) is 24.2 Å². The van der Waals surface area contributed by atoms with Crippen molar-refractivity contribution in [3.05, 3.63) is 33.9 Å². The SMILES string of the molecule is CNC(C)CNc1ccc(C(N)=O)cc1[N+](=O)[O-]. The van der Waals surface area contributed by atoms with E-state index in [0.717, 1.165) is 0 Å². The van der Waals surface area contributed by atoms with E-state index in [1.165, 1.54) is 18.2 Å². The minimum absolute atomic E-state index is 0.119. The molecule has 7 heteroatoms. The number of hydrogen-bond donors (Lipinski definition) is 3. The molecule has 1 unspecified atom stereocenters. The van der Waals surface area contributed by atoms with E-state index in [0.29, 0.717) is 12.2 Å². The standard InChI is InChI=1S/C11H16N4O3/c1-7(13-2)6-14-9-4-3-8(11(12)16)5-10(9)15(17)18/h3-5,7,13-14H,6H2,1-2H3,(H2,12,16). The van der Waals surface area contributed by atoms with E-state index in [1.807, 2.05) is 6.92 Å². The average molecular weight is 252 g/mol. The second kappa shape index (κ2) is 5.97. The number of carbonyl (C=O) groups is 1. The Bertz CT molecular complexity index is 462. The Morgan fingerprint density at radius 3 is 2.72 bits per heavy atom. The molecule has 7 nitrogen and oxygen atoms in total. The number of hydrogen-bond acceptors (Lipinski definition) is 5. The molecular formula is C11H16N4O3. The fourth-order valence-corrected chi connectivity index (χ4v) is 1.35. The van der Waals surface area contributed by atoms with Crippen LogP contribution in [0.3, 0.4) is 0 Å². The predicted molar refractivity (Wildman–Crippen MR) is 68.6 cm³/mol. The van der Waals surface area contributed by atoms with Gasteiger partial charge in [-0.1, -0.05) is 0 Å². The van der Waals surface area contributed by atoms with Crippen molar-refractivity contribution in [2.75, 3.05) is 18.9 Å². The highest BCUT2D eigenvalue weighted by atomic mass is 16.6. The molecule has 0 saturated carbocycles. The topological polar surface area (TPSA) is 110 Å². The highest BCUT2D eigenvalue weighted by Gasteiger charge is 2.16. The van der Waals surface area contributed by atoms with Crippen molar-refractivity contribution >= 4 is 17.3 Å². The number of nitro benzene ring substituents is 1. The van der Waals surface area contributed by atoms with Gasteiger partial charge in [-0.25, -0.2) is 0 Å². The molecule has 1 aromatic rings. The molecule has 0 heterocycles. The molecule has 4 N–H and O–H groups in total. The molecule has 1 aromatic carbocycles. The number of nitrogens with zero attached hydrogens (tertiary/aromatic N) is 1. The maximum Gasteiger partial charge on any atom is 0.293 e. The molecular weight excluding hydrogens is 236 g/mol. The summed E-state index contributed by atoms with van der Waals surface area (Å²) in [6, 6.07) is 4.29. The second-order valence-electron chi connectivity index (χ2n) is 3.92. The fraction of sp³-hybridized carbons (Fsp3) is 0.364. The van der Waals surface area contributed by atoms with Gasteiger partial charge in [-0.3, -0.25) is 14.9 Å². The van der Waals surface area contributed by atoms with Crippen molar-refractivity contribution in [2.24, 2.45) is 5.73 Å². The summed E-state index contributed by atoms with van der Waals surface area (Å²) in [4.78, 5) is 21.3. The number of nitrogens with two attached hydrogens (primary N) is 1. The smallest absolute Gasteiger partial charge is 0.293 e. The molecule has 0 spiro atoms. The van der Waals surface area contributed by atoms with Crippen LogP contribution >= 0.6 is 0 Å². The lowest BCUT2D eigenvalue weighted by Gasteiger charge is -2.12. The zero-order valence-electron chi connectivity index (χ0n) is 10.3. The Morgan fingerprint density at radius 2 is 2.22 bits per heavy atom. The van der Waals surface area contributed by atoms with Crippen LogP contribution in [-0.4, -0.2) is 30.5 Å². The van der Waals surface area contributed by atoms with Gasteiger partial charge in [0.15, 0.2) is 0 Å². The lowest BCUT2D eigenvalue weighted by atomic mass is 10.1. The molecule has 1 amide bonds. The zero-order valence-corrected chi connectivity index (χ0v) is 10.3. The van der Waals surface area contributed by atoms with Gasteiger partial charge in [-0.05, 0) is 26.1 Å². The molecule has 1 rings (SSSR count). The minimum atomic E-state index is -0.687. The van der Waals surface area contributed by atoms with Crippen LogP contribution in [0.5, 0.6) is 0 Å². The molecule has 1 atom stereocenters. The van der Waals surface area contributed by atoms with Crippen LogP contribution in [-0.2, 0) is 0 Å². The number of benzene rings is 1. The lowest BCUT2D eigenvalue weighted by Crippen LogP contribution is -2.29. The van der Waals surface area contributed by atoms with Crippen LogP contribution in [0, 0.1) is 10.1 Å². The van der Waals surface area contributed by atoms with Crippen molar-refractivity contribution in [2.45, 2.75) is 13.0 Å². The molecule has 18 heavy (non-hydrogen) atoms. The molecule has 0 bridgehead atoms. The van der Waals surface area contributed by atoms with Crippen LogP contribution in [0.1, 0.15) is 17.3 Å². The summed E-state index contributed by atoms with van der Waals surface area (Å²) in [5.74, 6) is -0.687. The summed E-state index contributed by atoms with van der Waals surface area (Å²) >= 11 is 0. The van der Waals surface area contributed by atoms with E-state index in [2.05, 4.69) is 10.6 Å². The van der Waals surface area contributed by atoms with Crippen molar-refractivity contribution in [3.63, 3.8) is 0 Å². The molecule has 0 aliphatic rings. The average Bonchev–Trinajstić information content (AvgIpc) is 2.35. The number of carbonyl (C=O) groups excluding carboxylic acids is 1. The number of likely N-dealkylation sites (N-methyl/N-ethyl adjacent to an activating group) is 1. The summed E-state index contributed by atoms with van der Waals surface area (Å²) in [6.45, 7) is 2.48. The molecule has 98 valence electrons. The Kier molecular flexibility index (Phi) is 4.61. The highest BCUT2D eigenvalue weighted by molar-refractivity contribution is 5.94. The van der Waals surface area contributed by atoms with Gasteiger partial charge in [0.1, 0.15) is 5.69 Å². The number of rotatable bonds is 6. The normalized spacial score (nSPS) is 11.9. The van der Waals surface area contributed by atoms with E-state index in [1.54, 1.807) is 7.05 Å². The summed E-state index contributed by atoms with van der Waals surface area (Å²) in [5, 5.41) is 16.9. The number of amides is 1. The third kappa shape index (κ3) is 3.42. The first-order chi connectivity index (χ1) is 8.45. The first-order valence-corrected chi connectivity index (χ1v) is 5.45. The second-order valence-corrected chi connectivity index (χ2v) is 3.92. The summed E-state index contributed by atoms with van der Waals surface area (Å²) in [6.07, 6.45) is 0. The van der Waals surface area contributed by atoms with Crippen LogP contribution < -0.4 is 16.4 Å². The third-order valence-corrected chi connectivity index (χ3v) is 2.57. The van der Waals surface area contributed by atoms with Gasteiger partial charge < -0.3 is 16.4 Å². The van der Waals surface area contributed by atoms with Gasteiger partial charge in [0.05, 0.1) is 4.92 Å². The number of nitro groups is 1. The van der Waals surface area contributed by atoms with E-state index >= 15 is 0 Å². The van der Waals surface area contributed by atoms with Crippen molar-refractivity contribution in [3.8, 4) is 0 Å². The lowest BCUT2D eigenvalue weighted by molar-refractivity contribution is -0.384. The van der Waals surface area contributed by atoms with Crippen LogP contribution in [0.15, 0.2) is 18.2 Å². The molecule has 0 saturated heterocycles. The van der Waals surface area contributed by atoms with Gasteiger partial charge in [-0.15, -0.1) is 0 Å². The summed E-state index contributed by atoms with van der Waals surface area (Å²) < 4.78 is 0. The fourth-order valence-electron chi connectivity index (χ4n) is 1.35. The molecule has 0 fully saturated rings. The van der Waals surface area contributed by atoms with Crippen molar-refractivity contribution < 1.29 is 9.72 Å². The Hall–Kier alpha value is -2.15. The molecule has 0 aliphatic heterocycles. The molecule has 0 radical (unpaired) electrons. The Labute approximate surface area is 105 Å². The van der Waals surface area contributed by atoms with Gasteiger partial charge >= 0.3 is 0 Å². The minimum Gasteiger partial charge on any atom is -0.378 e. The van der Waals surface area contributed by atoms with Crippen LogP contribution in [0.2, 0.25) is 0 Å². The first kappa shape index (κ1) is 13.9. The molecule has 0 aliphatic carbocycles. The van der Waals surface area contributed by atoms with E-state index in [-0.39, 0.29) is 17.3 Å². The Morgan fingerprint density at radius 1 is 1.56 bits per heavy atom. The maximum absolute atomic E-state index is 11.0. The van der Waals surface area contributed by atoms with E-state index in [4.69, 9.17) is 5.73 Å². The summed E-state index contributed by atoms with van der Waals surface area (Å²) in [7, 11) is 1.80. The summed E-state index contributed by atoms with van der Waals surface area (Å²) in [5.41, 5.74) is 5.41. The number of anilines is 1. The highest BCUT2D eigenvalue weighted by Crippen LogP contribution is 2.25. The maximum atomic E-state index is 11.0. The number of nitrogens with one attached hydrogen (secondary N) is 2. The third-order valence-electron chi connectivity index (χ3n) is 2.57. The van der Waals surface area contributed by atoms with Crippen LogP contribution in [0.4, 0.5) is 11.4 Å². The first-order valence-electron chi connectivity index (χ1n) is 5.45. The van der Waals surface area contributed by atoms with Gasteiger partial charge in [-0.2, -0.15) is 0 Å². The quantitative estimate of drug-likeness (QED) is 0.510. The van der Waals surface area contributed by atoms with E-state index < -0.39 is 10.8 Å². The van der Waals surface area contributed by atoms with Gasteiger partial charge in [0.25, 0.3) is 5.69 Å². The van der Waals surface area contributed by atoms with Gasteiger partial charge in [0.2, 0.25) is 5.91 Å². The largest absolute Gasteiger partial charge is 0.378 e. The molecule has 0 aromatic heterocycles. The van der Waals surface area contributed by atoms with E-state index in [9.17, 15) is 14.9 Å². The van der Waals surface area contributed by atoms with Crippen LogP contribution in [0.25, 0.3) is 0 Å². The Balaban J connectivity index is 2.97. The van der Waals surface area contributed by atoms with Crippen molar-refractivity contribution in [1.82, 2.24) is 5.32 Å². The van der Waals surface area contributed by atoms with Crippen molar-refractivity contribution in [1.29, 1.82) is 0 Å². The monoisotopic (exact) mass is 252 g/mol. The zero-order chi connectivity index (χ0) is 13.7. The predicted octanol–water partition coefficient (Wildman–Crippen LogP) is 0.714.